The molecule has 0 unspecified atom stereocenters. The van der Waals surface area contributed by atoms with Crippen LogP contribution in [-0.2, 0) is 19.4 Å². The zero-order chi connectivity index (χ0) is 17.6. The molecule has 0 radical (unpaired) electrons. The summed E-state index contributed by atoms with van der Waals surface area (Å²) in [6.45, 7) is 0.551. The number of ether oxygens (including phenoxy) is 1. The average Bonchev–Trinajstić information content (AvgIpc) is 2.72. The zero-order valence-electron chi connectivity index (χ0n) is 14.6. The van der Waals surface area contributed by atoms with Crippen LogP contribution in [0.15, 0.2) is 91.0 Å². The third kappa shape index (κ3) is 3.92. The van der Waals surface area contributed by atoms with Gasteiger partial charge in [-0.05, 0) is 36.1 Å². The molecule has 0 spiro atoms. The van der Waals surface area contributed by atoms with Crippen LogP contribution < -0.4 is 4.74 Å². The predicted octanol–water partition coefficient (Wildman–Crippen LogP) is 5.60. The number of aryl methyl sites for hydroxylation is 2. The highest BCUT2D eigenvalue weighted by molar-refractivity contribution is 5.84. The molecule has 0 fully saturated rings. The topological polar surface area (TPSA) is 22.1 Å². The summed E-state index contributed by atoms with van der Waals surface area (Å²) in [7, 11) is 0. The molecule has 0 saturated carbocycles. The molecule has 0 N–H and O–H groups in total. The van der Waals surface area contributed by atoms with E-state index in [9.17, 15) is 0 Å². The number of hydrogen-bond donors (Lipinski definition) is 0. The Labute approximate surface area is 154 Å². The van der Waals surface area contributed by atoms with E-state index in [0.29, 0.717) is 6.61 Å². The highest BCUT2D eigenvalue weighted by Crippen LogP contribution is 2.25. The second-order valence-corrected chi connectivity index (χ2v) is 6.39. The number of hydrogen-bond acceptors (Lipinski definition) is 2. The minimum atomic E-state index is 0.551. The summed E-state index contributed by atoms with van der Waals surface area (Å²) in [5.41, 5.74) is 4.53. The summed E-state index contributed by atoms with van der Waals surface area (Å²) in [6.07, 6.45) is 1.92. The molecule has 4 aromatic rings. The van der Waals surface area contributed by atoms with Gasteiger partial charge in [-0.2, -0.15) is 0 Å². The maximum absolute atomic E-state index is 6.06. The van der Waals surface area contributed by atoms with E-state index in [2.05, 4.69) is 54.6 Å². The van der Waals surface area contributed by atoms with Crippen molar-refractivity contribution in [3.8, 4) is 5.75 Å². The number of benzene rings is 3. The molecule has 4 rings (SSSR count). The van der Waals surface area contributed by atoms with Crippen LogP contribution in [0.25, 0.3) is 10.9 Å². The van der Waals surface area contributed by atoms with E-state index in [0.717, 1.165) is 40.8 Å². The normalized spacial score (nSPS) is 10.8. The molecule has 0 amide bonds. The maximum atomic E-state index is 6.06. The first kappa shape index (κ1) is 16.3. The van der Waals surface area contributed by atoms with Gasteiger partial charge in [0.2, 0.25) is 0 Å². The SMILES string of the molecule is c1ccc(CCc2ccc3cccc(OCc4ccccc4)c3n2)cc1. The van der Waals surface area contributed by atoms with Gasteiger partial charge in [-0.3, -0.25) is 0 Å². The summed E-state index contributed by atoms with van der Waals surface area (Å²) >= 11 is 0. The molecule has 26 heavy (non-hydrogen) atoms. The van der Waals surface area contributed by atoms with Crippen LogP contribution in [0.4, 0.5) is 0 Å². The van der Waals surface area contributed by atoms with Crippen LogP contribution in [0.5, 0.6) is 5.75 Å². The van der Waals surface area contributed by atoms with Crippen LogP contribution in [0.2, 0.25) is 0 Å². The Balaban J connectivity index is 1.54. The Morgan fingerprint density at radius 3 is 2.12 bits per heavy atom. The van der Waals surface area contributed by atoms with E-state index >= 15 is 0 Å². The van der Waals surface area contributed by atoms with Crippen molar-refractivity contribution in [3.63, 3.8) is 0 Å². The van der Waals surface area contributed by atoms with Gasteiger partial charge < -0.3 is 4.74 Å². The molecule has 128 valence electrons. The monoisotopic (exact) mass is 339 g/mol. The molecule has 2 heteroatoms. The fourth-order valence-electron chi connectivity index (χ4n) is 3.07. The van der Waals surface area contributed by atoms with Gasteiger partial charge in [-0.25, -0.2) is 4.98 Å². The van der Waals surface area contributed by atoms with Crippen LogP contribution in [-0.4, -0.2) is 4.98 Å². The van der Waals surface area contributed by atoms with Crippen molar-refractivity contribution in [3.05, 3.63) is 108 Å². The number of para-hydroxylation sites is 1. The first-order chi connectivity index (χ1) is 12.9. The zero-order valence-corrected chi connectivity index (χ0v) is 14.6. The lowest BCUT2D eigenvalue weighted by atomic mass is 10.1. The molecule has 0 atom stereocenters. The first-order valence-electron chi connectivity index (χ1n) is 8.98. The van der Waals surface area contributed by atoms with Gasteiger partial charge in [0.1, 0.15) is 17.9 Å². The standard InChI is InChI=1S/C24H21NO/c1-3-8-19(9-4-1)14-16-22-17-15-21-12-7-13-23(24(21)25-22)26-18-20-10-5-2-6-11-20/h1-13,15,17H,14,16,18H2. The summed E-state index contributed by atoms with van der Waals surface area (Å²) in [6, 6.07) is 31.1. The quantitative estimate of drug-likeness (QED) is 0.456. The first-order valence-corrected chi connectivity index (χ1v) is 8.98. The van der Waals surface area contributed by atoms with Crippen molar-refractivity contribution in [1.82, 2.24) is 4.98 Å². The van der Waals surface area contributed by atoms with E-state index in [-0.39, 0.29) is 0 Å². The van der Waals surface area contributed by atoms with Crippen molar-refractivity contribution >= 4 is 10.9 Å². The highest BCUT2D eigenvalue weighted by Gasteiger charge is 2.06. The largest absolute Gasteiger partial charge is 0.487 e. The summed E-state index contributed by atoms with van der Waals surface area (Å²) in [5, 5.41) is 1.11. The minimum Gasteiger partial charge on any atom is -0.487 e. The minimum absolute atomic E-state index is 0.551. The molecular weight excluding hydrogens is 318 g/mol. The van der Waals surface area contributed by atoms with E-state index < -0.39 is 0 Å². The van der Waals surface area contributed by atoms with E-state index in [1.165, 1.54) is 5.56 Å². The molecule has 0 aliphatic rings. The number of fused-ring (bicyclic) bond motifs is 1. The molecular formula is C24H21NO. The van der Waals surface area contributed by atoms with Crippen molar-refractivity contribution < 1.29 is 4.74 Å². The van der Waals surface area contributed by atoms with E-state index in [1.54, 1.807) is 0 Å². The third-order valence-electron chi connectivity index (χ3n) is 4.49. The van der Waals surface area contributed by atoms with Crippen molar-refractivity contribution in [2.24, 2.45) is 0 Å². The Morgan fingerprint density at radius 2 is 1.35 bits per heavy atom. The van der Waals surface area contributed by atoms with Gasteiger partial charge in [0.15, 0.2) is 0 Å². The fraction of sp³-hybridized carbons (Fsp3) is 0.125. The van der Waals surface area contributed by atoms with Crippen LogP contribution in [0, 0.1) is 0 Å². The fourth-order valence-corrected chi connectivity index (χ4v) is 3.07. The molecule has 0 saturated heterocycles. The molecule has 0 aliphatic heterocycles. The van der Waals surface area contributed by atoms with Gasteiger partial charge in [0.25, 0.3) is 0 Å². The Bertz CT molecular complexity index is 981. The van der Waals surface area contributed by atoms with E-state index in [1.807, 2.05) is 36.4 Å². The second-order valence-electron chi connectivity index (χ2n) is 6.39. The third-order valence-corrected chi connectivity index (χ3v) is 4.49. The van der Waals surface area contributed by atoms with Gasteiger partial charge in [-0.1, -0.05) is 78.9 Å². The average molecular weight is 339 g/mol. The van der Waals surface area contributed by atoms with Crippen molar-refractivity contribution in [2.45, 2.75) is 19.4 Å². The highest BCUT2D eigenvalue weighted by atomic mass is 16.5. The predicted molar refractivity (Wildman–Crippen MR) is 106 cm³/mol. The summed E-state index contributed by atoms with van der Waals surface area (Å²) in [4.78, 5) is 4.88. The number of aromatic nitrogens is 1. The van der Waals surface area contributed by atoms with Crippen LogP contribution in [0.1, 0.15) is 16.8 Å². The Morgan fingerprint density at radius 1 is 0.615 bits per heavy atom. The molecule has 0 aliphatic carbocycles. The molecule has 0 bridgehead atoms. The summed E-state index contributed by atoms with van der Waals surface area (Å²) in [5.74, 6) is 0.841. The van der Waals surface area contributed by atoms with Crippen LogP contribution >= 0.6 is 0 Å². The molecule has 1 heterocycles. The lowest BCUT2D eigenvalue weighted by Gasteiger charge is -2.10. The number of nitrogens with zero attached hydrogens (tertiary/aromatic N) is 1. The van der Waals surface area contributed by atoms with Gasteiger partial charge in [-0.15, -0.1) is 0 Å². The molecule has 2 nitrogen and oxygen atoms in total. The van der Waals surface area contributed by atoms with E-state index in [4.69, 9.17) is 9.72 Å². The van der Waals surface area contributed by atoms with Crippen molar-refractivity contribution in [2.75, 3.05) is 0 Å². The molecule has 3 aromatic carbocycles. The Hall–Kier alpha value is -3.13. The number of rotatable bonds is 6. The number of pyridine rings is 1. The summed E-state index contributed by atoms with van der Waals surface area (Å²) < 4.78 is 6.06. The smallest absolute Gasteiger partial charge is 0.146 e. The van der Waals surface area contributed by atoms with Gasteiger partial charge >= 0.3 is 0 Å². The van der Waals surface area contributed by atoms with Crippen molar-refractivity contribution in [1.29, 1.82) is 0 Å². The molecule has 1 aromatic heterocycles. The Kier molecular flexibility index (Phi) is 4.92. The lowest BCUT2D eigenvalue weighted by molar-refractivity contribution is 0.309. The van der Waals surface area contributed by atoms with Gasteiger partial charge in [0, 0.05) is 11.1 Å². The van der Waals surface area contributed by atoms with Gasteiger partial charge in [0.05, 0.1) is 0 Å². The lowest BCUT2D eigenvalue weighted by Crippen LogP contribution is -1.99. The van der Waals surface area contributed by atoms with Crippen LogP contribution in [0.3, 0.4) is 0 Å². The maximum Gasteiger partial charge on any atom is 0.146 e. The second kappa shape index (κ2) is 7.83.